The maximum atomic E-state index is 10.2. The summed E-state index contributed by atoms with van der Waals surface area (Å²) in [6, 6.07) is 5.54. The molecule has 0 spiro atoms. The molecule has 0 aliphatic rings. The Balaban J connectivity index is 2.72. The molecule has 1 aromatic rings. The Labute approximate surface area is 85.6 Å². The standard InChI is InChI=1S/C9H7ClN2O2/c10-7-1-3-8(4-2-7)11-12-9(5-13)6-14/h1-6,9H. The maximum absolute atomic E-state index is 10.2. The van der Waals surface area contributed by atoms with Crippen molar-refractivity contribution in [2.24, 2.45) is 10.2 Å². The molecular formula is C9H7ClN2O2. The van der Waals surface area contributed by atoms with Crippen molar-refractivity contribution in [1.82, 2.24) is 0 Å². The maximum Gasteiger partial charge on any atom is 0.181 e. The van der Waals surface area contributed by atoms with Crippen molar-refractivity contribution < 1.29 is 9.59 Å². The van der Waals surface area contributed by atoms with Crippen LogP contribution in [0.25, 0.3) is 0 Å². The fraction of sp³-hybridized carbons (Fsp3) is 0.111. The molecule has 1 rings (SSSR count). The Morgan fingerprint density at radius 2 is 1.71 bits per heavy atom. The molecule has 0 aliphatic carbocycles. The van der Waals surface area contributed by atoms with Gasteiger partial charge >= 0.3 is 0 Å². The van der Waals surface area contributed by atoms with E-state index in [1.165, 1.54) is 0 Å². The number of rotatable bonds is 4. The van der Waals surface area contributed by atoms with Gasteiger partial charge in [-0.15, -0.1) is 0 Å². The zero-order valence-electron chi connectivity index (χ0n) is 7.13. The lowest BCUT2D eigenvalue weighted by Crippen LogP contribution is -2.05. The third kappa shape index (κ3) is 3.06. The molecule has 0 aromatic heterocycles. The molecule has 1 aromatic carbocycles. The highest BCUT2D eigenvalue weighted by Crippen LogP contribution is 2.16. The molecule has 0 unspecified atom stereocenters. The monoisotopic (exact) mass is 210 g/mol. The van der Waals surface area contributed by atoms with Gasteiger partial charge in [0.2, 0.25) is 0 Å². The van der Waals surface area contributed by atoms with Gasteiger partial charge in [-0.05, 0) is 24.3 Å². The van der Waals surface area contributed by atoms with Crippen molar-refractivity contribution in [2.75, 3.05) is 0 Å². The van der Waals surface area contributed by atoms with Crippen molar-refractivity contribution in [3.63, 3.8) is 0 Å². The van der Waals surface area contributed by atoms with E-state index < -0.39 is 6.04 Å². The van der Waals surface area contributed by atoms with Gasteiger partial charge in [-0.2, -0.15) is 10.2 Å². The van der Waals surface area contributed by atoms with E-state index in [4.69, 9.17) is 11.6 Å². The molecule has 0 saturated carbocycles. The first-order chi connectivity index (χ1) is 6.76. The van der Waals surface area contributed by atoms with Crippen molar-refractivity contribution in [3.05, 3.63) is 29.3 Å². The van der Waals surface area contributed by atoms with E-state index in [0.29, 0.717) is 23.3 Å². The molecule has 0 bridgehead atoms. The Kier molecular flexibility index (Phi) is 3.94. The van der Waals surface area contributed by atoms with Crippen molar-refractivity contribution >= 4 is 29.9 Å². The van der Waals surface area contributed by atoms with Crippen LogP contribution in [0.5, 0.6) is 0 Å². The van der Waals surface area contributed by atoms with Crippen LogP contribution in [0.4, 0.5) is 5.69 Å². The van der Waals surface area contributed by atoms with E-state index in [-0.39, 0.29) is 0 Å². The summed E-state index contributed by atoms with van der Waals surface area (Å²) in [6.07, 6.45) is 0.846. The Morgan fingerprint density at radius 3 is 2.21 bits per heavy atom. The summed E-state index contributed by atoms with van der Waals surface area (Å²) in [7, 11) is 0. The van der Waals surface area contributed by atoms with E-state index in [1.54, 1.807) is 24.3 Å². The highest BCUT2D eigenvalue weighted by atomic mass is 35.5. The summed E-state index contributed by atoms with van der Waals surface area (Å²) >= 11 is 5.64. The van der Waals surface area contributed by atoms with Crippen LogP contribution in [0, 0.1) is 0 Å². The second-order valence-corrected chi connectivity index (χ2v) is 2.89. The first-order valence-corrected chi connectivity index (χ1v) is 4.21. The summed E-state index contributed by atoms with van der Waals surface area (Å²) in [4.78, 5) is 20.4. The number of nitrogens with zero attached hydrogens (tertiary/aromatic N) is 2. The van der Waals surface area contributed by atoms with Gasteiger partial charge in [0.25, 0.3) is 0 Å². The number of aldehydes is 2. The average molecular weight is 211 g/mol. The lowest BCUT2D eigenvalue weighted by Gasteiger charge is -1.93. The summed E-state index contributed by atoms with van der Waals surface area (Å²) < 4.78 is 0. The van der Waals surface area contributed by atoms with E-state index in [9.17, 15) is 9.59 Å². The second-order valence-electron chi connectivity index (χ2n) is 2.45. The van der Waals surface area contributed by atoms with Crippen LogP contribution < -0.4 is 0 Å². The second kappa shape index (κ2) is 5.24. The highest BCUT2D eigenvalue weighted by Gasteiger charge is 2.00. The molecular weight excluding hydrogens is 204 g/mol. The van der Waals surface area contributed by atoms with Crippen molar-refractivity contribution in [3.8, 4) is 0 Å². The van der Waals surface area contributed by atoms with Gasteiger partial charge in [-0.25, -0.2) is 0 Å². The van der Waals surface area contributed by atoms with Gasteiger partial charge in [0.05, 0.1) is 5.69 Å². The van der Waals surface area contributed by atoms with Crippen LogP contribution in [0.2, 0.25) is 5.02 Å². The highest BCUT2D eigenvalue weighted by molar-refractivity contribution is 6.30. The van der Waals surface area contributed by atoms with Crippen molar-refractivity contribution in [2.45, 2.75) is 6.04 Å². The summed E-state index contributed by atoms with van der Waals surface area (Å²) in [5.41, 5.74) is 0.545. The minimum absolute atomic E-state index is 0.423. The summed E-state index contributed by atoms with van der Waals surface area (Å²) in [5.74, 6) is 0. The van der Waals surface area contributed by atoms with Gasteiger partial charge < -0.3 is 9.59 Å². The first-order valence-electron chi connectivity index (χ1n) is 3.83. The molecule has 0 atom stereocenters. The lowest BCUT2D eigenvalue weighted by atomic mass is 10.3. The van der Waals surface area contributed by atoms with Gasteiger partial charge in [0, 0.05) is 5.02 Å². The molecule has 0 N–H and O–H groups in total. The molecule has 72 valence electrons. The number of carbonyl (C=O) groups is 2. The number of hydrogen-bond donors (Lipinski definition) is 0. The minimum Gasteiger partial charge on any atom is -0.300 e. The lowest BCUT2D eigenvalue weighted by molar-refractivity contribution is -0.116. The van der Waals surface area contributed by atoms with Gasteiger partial charge in [-0.1, -0.05) is 11.6 Å². The van der Waals surface area contributed by atoms with Crippen LogP contribution in [-0.2, 0) is 9.59 Å². The molecule has 0 saturated heterocycles. The third-order valence-electron chi connectivity index (χ3n) is 1.41. The molecule has 0 aliphatic heterocycles. The van der Waals surface area contributed by atoms with E-state index >= 15 is 0 Å². The summed E-state index contributed by atoms with van der Waals surface area (Å²) in [5, 5.41) is 7.79. The third-order valence-corrected chi connectivity index (χ3v) is 1.66. The van der Waals surface area contributed by atoms with Gasteiger partial charge in [0.15, 0.2) is 18.6 Å². The topological polar surface area (TPSA) is 58.9 Å². The zero-order chi connectivity index (χ0) is 10.4. The van der Waals surface area contributed by atoms with Crippen LogP contribution in [0.15, 0.2) is 34.5 Å². The van der Waals surface area contributed by atoms with Gasteiger partial charge in [0.1, 0.15) is 0 Å². The van der Waals surface area contributed by atoms with E-state index in [1.807, 2.05) is 0 Å². The molecule has 0 heterocycles. The number of benzene rings is 1. The van der Waals surface area contributed by atoms with E-state index in [2.05, 4.69) is 10.2 Å². The normalized spacial score (nSPS) is 10.7. The molecule has 4 nitrogen and oxygen atoms in total. The fourth-order valence-corrected chi connectivity index (χ4v) is 0.854. The minimum atomic E-state index is -1.02. The number of hydrogen-bond acceptors (Lipinski definition) is 4. The number of halogens is 1. The number of carbonyl (C=O) groups excluding carboxylic acids is 2. The zero-order valence-corrected chi connectivity index (χ0v) is 7.89. The largest absolute Gasteiger partial charge is 0.300 e. The quantitative estimate of drug-likeness (QED) is 0.435. The SMILES string of the molecule is O=CC(C=O)N=Nc1ccc(Cl)cc1. The molecule has 0 fully saturated rings. The predicted octanol–water partition coefficient (Wildman–Crippen LogP) is 2.19. The van der Waals surface area contributed by atoms with E-state index in [0.717, 1.165) is 0 Å². The van der Waals surface area contributed by atoms with Crippen molar-refractivity contribution in [1.29, 1.82) is 0 Å². The molecule has 0 amide bonds. The number of azo groups is 1. The fourth-order valence-electron chi connectivity index (χ4n) is 0.728. The Bertz CT molecular complexity index is 340. The molecule has 14 heavy (non-hydrogen) atoms. The van der Waals surface area contributed by atoms with Crippen LogP contribution >= 0.6 is 11.6 Å². The first kappa shape index (κ1) is 10.5. The van der Waals surface area contributed by atoms with Crippen LogP contribution in [-0.4, -0.2) is 18.6 Å². The van der Waals surface area contributed by atoms with Gasteiger partial charge in [-0.3, -0.25) is 0 Å². The average Bonchev–Trinajstić information content (AvgIpc) is 2.22. The molecule has 5 heteroatoms. The Morgan fingerprint density at radius 1 is 1.14 bits per heavy atom. The molecule has 0 radical (unpaired) electrons. The predicted molar refractivity (Wildman–Crippen MR) is 51.9 cm³/mol. The summed E-state index contributed by atoms with van der Waals surface area (Å²) in [6.45, 7) is 0. The van der Waals surface area contributed by atoms with Crippen LogP contribution in [0.3, 0.4) is 0 Å². The van der Waals surface area contributed by atoms with Crippen LogP contribution in [0.1, 0.15) is 0 Å². The smallest absolute Gasteiger partial charge is 0.181 e. The Hall–Kier alpha value is -1.55.